The molecule has 1 amide bonds. The van der Waals surface area contributed by atoms with E-state index in [1.807, 2.05) is 0 Å². The predicted octanol–water partition coefficient (Wildman–Crippen LogP) is -0.337. The number of sulfonamides is 1. The smallest absolute Gasteiger partial charge is 0.338 e. The topological polar surface area (TPSA) is 146 Å². The number of rotatable bonds is 6. The molecule has 1 saturated heterocycles. The molecule has 1 aromatic carbocycles. The van der Waals surface area contributed by atoms with Gasteiger partial charge in [-0.25, -0.2) is 18.0 Å². The Morgan fingerprint density at radius 3 is 2.45 bits per heavy atom. The SMILES string of the molecule is Cn1c(NC(=O)COC(=O)c2ccc(Br)c(S(=O)(=O)N3CCOCC3)c2)cc(=O)n(C)c1=O. The van der Waals surface area contributed by atoms with Gasteiger partial charge in [-0.3, -0.25) is 18.7 Å². The van der Waals surface area contributed by atoms with E-state index in [0.717, 1.165) is 15.2 Å². The number of esters is 1. The van der Waals surface area contributed by atoms with E-state index >= 15 is 0 Å². The van der Waals surface area contributed by atoms with Gasteiger partial charge in [0.25, 0.3) is 11.5 Å². The van der Waals surface area contributed by atoms with Crippen LogP contribution in [-0.4, -0.2) is 66.6 Å². The van der Waals surface area contributed by atoms with Crippen LogP contribution in [0.4, 0.5) is 5.82 Å². The van der Waals surface area contributed by atoms with E-state index in [2.05, 4.69) is 21.2 Å². The molecule has 1 N–H and O–H groups in total. The first-order chi connectivity index (χ1) is 15.5. The van der Waals surface area contributed by atoms with Gasteiger partial charge in [0.05, 0.1) is 23.7 Å². The lowest BCUT2D eigenvalue weighted by molar-refractivity contribution is -0.119. The highest BCUT2D eigenvalue weighted by Gasteiger charge is 2.29. The molecular weight excluding hydrogens is 524 g/mol. The molecule has 2 heterocycles. The van der Waals surface area contributed by atoms with Crippen molar-refractivity contribution in [3.8, 4) is 0 Å². The molecular formula is C19H21BrN4O8S. The van der Waals surface area contributed by atoms with E-state index in [1.165, 1.54) is 36.6 Å². The summed E-state index contributed by atoms with van der Waals surface area (Å²) >= 11 is 3.20. The van der Waals surface area contributed by atoms with E-state index in [0.29, 0.717) is 0 Å². The van der Waals surface area contributed by atoms with Crippen LogP contribution in [0.15, 0.2) is 43.2 Å². The van der Waals surface area contributed by atoms with Crippen molar-refractivity contribution in [1.29, 1.82) is 0 Å². The van der Waals surface area contributed by atoms with Gasteiger partial charge in [0, 0.05) is 37.7 Å². The first-order valence-corrected chi connectivity index (χ1v) is 11.9. The monoisotopic (exact) mass is 544 g/mol. The van der Waals surface area contributed by atoms with Gasteiger partial charge in [0.15, 0.2) is 6.61 Å². The fraction of sp³-hybridized carbons (Fsp3) is 0.368. The van der Waals surface area contributed by atoms with Crippen LogP contribution in [0, 0.1) is 0 Å². The third-order valence-corrected chi connectivity index (χ3v) is 7.78. The van der Waals surface area contributed by atoms with Gasteiger partial charge < -0.3 is 14.8 Å². The Morgan fingerprint density at radius 2 is 1.79 bits per heavy atom. The normalized spacial score (nSPS) is 14.6. The molecule has 3 rings (SSSR count). The number of halogens is 1. The zero-order valence-corrected chi connectivity index (χ0v) is 20.1. The molecule has 12 nitrogen and oxygen atoms in total. The number of anilines is 1. The summed E-state index contributed by atoms with van der Waals surface area (Å²) in [5, 5.41) is 2.33. The van der Waals surface area contributed by atoms with Gasteiger partial charge in [0.2, 0.25) is 10.0 Å². The summed E-state index contributed by atoms with van der Waals surface area (Å²) in [6.07, 6.45) is 0. The lowest BCUT2D eigenvalue weighted by Gasteiger charge is -2.26. The molecule has 1 fully saturated rings. The van der Waals surface area contributed by atoms with Crippen molar-refractivity contribution in [3.63, 3.8) is 0 Å². The molecule has 1 aliphatic heterocycles. The van der Waals surface area contributed by atoms with Crippen molar-refractivity contribution in [1.82, 2.24) is 13.4 Å². The van der Waals surface area contributed by atoms with Crippen LogP contribution < -0.4 is 16.6 Å². The van der Waals surface area contributed by atoms with Crippen molar-refractivity contribution < 1.29 is 27.5 Å². The second-order valence-electron chi connectivity index (χ2n) is 7.05. The van der Waals surface area contributed by atoms with Crippen LogP contribution in [0.1, 0.15) is 10.4 Å². The first-order valence-electron chi connectivity index (χ1n) is 9.64. The second-order valence-corrected chi connectivity index (χ2v) is 9.82. The summed E-state index contributed by atoms with van der Waals surface area (Å²) in [6.45, 7) is 0.201. The minimum atomic E-state index is -3.88. The van der Waals surface area contributed by atoms with E-state index in [4.69, 9.17) is 9.47 Å². The number of amides is 1. The Labute approximate surface area is 196 Å². The van der Waals surface area contributed by atoms with Crippen LogP contribution >= 0.6 is 15.9 Å². The van der Waals surface area contributed by atoms with Crippen molar-refractivity contribution in [3.05, 3.63) is 55.1 Å². The van der Waals surface area contributed by atoms with Gasteiger partial charge in [-0.05, 0) is 34.1 Å². The predicted molar refractivity (Wildman–Crippen MR) is 120 cm³/mol. The highest BCUT2D eigenvalue weighted by molar-refractivity contribution is 9.10. The zero-order chi connectivity index (χ0) is 24.3. The second kappa shape index (κ2) is 9.99. The summed E-state index contributed by atoms with van der Waals surface area (Å²) in [6, 6.07) is 4.98. The average molecular weight is 545 g/mol. The number of ether oxygens (including phenoxy) is 2. The first kappa shape index (κ1) is 24.8. The van der Waals surface area contributed by atoms with E-state index in [9.17, 15) is 27.6 Å². The number of morpholine rings is 1. The molecule has 0 spiro atoms. The van der Waals surface area contributed by atoms with Gasteiger partial charge >= 0.3 is 11.7 Å². The number of aromatic nitrogens is 2. The van der Waals surface area contributed by atoms with Gasteiger partial charge in [-0.2, -0.15) is 4.31 Å². The molecule has 2 aromatic rings. The van der Waals surface area contributed by atoms with Crippen LogP contribution in [0.2, 0.25) is 0 Å². The largest absolute Gasteiger partial charge is 0.452 e. The standard InChI is InChI=1S/C19H21BrN4O8S/c1-22-15(10-17(26)23(2)19(22)28)21-16(25)11-32-18(27)12-3-4-13(20)14(9-12)33(29,30)24-5-7-31-8-6-24/h3-4,9-10H,5-8,11H2,1-2H3,(H,21,25). The molecule has 0 bridgehead atoms. The number of hydrogen-bond acceptors (Lipinski definition) is 8. The zero-order valence-electron chi connectivity index (χ0n) is 17.7. The van der Waals surface area contributed by atoms with E-state index in [-0.39, 0.29) is 47.1 Å². The maximum absolute atomic E-state index is 12.9. The lowest BCUT2D eigenvalue weighted by atomic mass is 10.2. The molecule has 0 unspecified atom stereocenters. The summed E-state index contributed by atoms with van der Waals surface area (Å²) in [4.78, 5) is 48.2. The molecule has 1 aromatic heterocycles. The lowest BCUT2D eigenvalue weighted by Crippen LogP contribution is -2.40. The third kappa shape index (κ3) is 5.40. The molecule has 1 aliphatic rings. The number of carbonyl (C=O) groups excluding carboxylic acids is 2. The number of nitrogens with one attached hydrogen (secondary N) is 1. The highest BCUT2D eigenvalue weighted by atomic mass is 79.9. The number of carbonyl (C=O) groups is 2. The molecule has 0 radical (unpaired) electrons. The summed E-state index contributed by atoms with van der Waals surface area (Å²) in [5.74, 6) is -1.77. The van der Waals surface area contributed by atoms with Crippen molar-refractivity contribution in [2.45, 2.75) is 4.90 Å². The quantitative estimate of drug-likeness (QED) is 0.486. The molecule has 33 heavy (non-hydrogen) atoms. The Morgan fingerprint density at radius 1 is 1.12 bits per heavy atom. The summed E-state index contributed by atoms with van der Waals surface area (Å²) < 4.78 is 39.5. The Kier molecular flexibility index (Phi) is 7.51. The summed E-state index contributed by atoms with van der Waals surface area (Å²) in [7, 11) is -1.22. The van der Waals surface area contributed by atoms with Gasteiger partial charge in [-0.15, -0.1) is 0 Å². The minimum Gasteiger partial charge on any atom is -0.452 e. The maximum atomic E-state index is 12.9. The molecule has 0 atom stereocenters. The molecule has 14 heteroatoms. The van der Waals surface area contributed by atoms with Crippen molar-refractivity contribution in [2.75, 3.05) is 38.2 Å². The highest BCUT2D eigenvalue weighted by Crippen LogP contribution is 2.27. The number of hydrogen-bond donors (Lipinski definition) is 1. The average Bonchev–Trinajstić information content (AvgIpc) is 2.80. The van der Waals surface area contributed by atoms with Crippen LogP contribution in [0.25, 0.3) is 0 Å². The molecule has 0 saturated carbocycles. The Bertz CT molecular complexity index is 1310. The molecule has 0 aliphatic carbocycles. The number of nitrogens with zero attached hydrogens (tertiary/aromatic N) is 3. The van der Waals surface area contributed by atoms with Gasteiger partial charge in [-0.1, -0.05) is 0 Å². The molecule has 178 valence electrons. The van der Waals surface area contributed by atoms with Gasteiger partial charge in [0.1, 0.15) is 5.82 Å². The Hall–Kier alpha value is -2.81. The number of benzene rings is 1. The third-order valence-electron chi connectivity index (χ3n) is 4.88. The fourth-order valence-corrected chi connectivity index (χ4v) is 5.36. The van der Waals surface area contributed by atoms with Crippen molar-refractivity contribution >= 4 is 43.6 Å². The van der Waals surface area contributed by atoms with Crippen LogP contribution in [-0.2, 0) is 38.4 Å². The van der Waals surface area contributed by atoms with Crippen LogP contribution in [0.5, 0.6) is 0 Å². The summed E-state index contributed by atoms with van der Waals surface area (Å²) in [5.41, 5.74) is -1.33. The fourth-order valence-electron chi connectivity index (χ4n) is 3.00. The van der Waals surface area contributed by atoms with Crippen molar-refractivity contribution in [2.24, 2.45) is 14.1 Å². The minimum absolute atomic E-state index is 0.0633. The van der Waals surface area contributed by atoms with Crippen LogP contribution in [0.3, 0.4) is 0 Å². The van der Waals surface area contributed by atoms with E-state index < -0.39 is 39.8 Å². The Balaban J connectivity index is 1.71. The maximum Gasteiger partial charge on any atom is 0.338 e. The van der Waals surface area contributed by atoms with E-state index in [1.54, 1.807) is 0 Å².